The van der Waals surface area contributed by atoms with E-state index in [-0.39, 0.29) is 0 Å². The normalized spacial score (nSPS) is 20.6. The minimum absolute atomic E-state index is 0.830. The lowest BCUT2D eigenvalue weighted by atomic mass is 10.4. The summed E-state index contributed by atoms with van der Waals surface area (Å²) in [6.45, 7) is 9.88. The van der Waals surface area contributed by atoms with Gasteiger partial charge in [-0.3, -0.25) is 4.90 Å². The molecule has 0 aromatic heterocycles. The Balaban J connectivity index is 2.09. The van der Waals surface area contributed by atoms with Crippen molar-refractivity contribution < 1.29 is 0 Å². The molecule has 0 aliphatic carbocycles. The molecular weight excluding hydrogens is 323 g/mol. The molecule has 84 valence electrons. The van der Waals surface area contributed by atoms with E-state index in [2.05, 4.69) is 50.4 Å². The lowest BCUT2D eigenvalue weighted by molar-refractivity contribution is 0.312. The fraction of sp³-hybridized carbons (Fsp3) is 1.00. The summed E-state index contributed by atoms with van der Waals surface area (Å²) in [7, 11) is 0. The molecule has 0 radical (unpaired) electrons. The zero-order chi connectivity index (χ0) is 10.6. The molecule has 0 aromatic carbocycles. The van der Waals surface area contributed by atoms with Gasteiger partial charge in [-0.15, -0.1) is 21.8 Å². The summed E-state index contributed by atoms with van der Waals surface area (Å²) < 4.78 is 2.44. The summed E-state index contributed by atoms with van der Waals surface area (Å²) in [6.07, 6.45) is 3.56. The molecular formula is C9H21IN2SSi. The van der Waals surface area contributed by atoms with Gasteiger partial charge in [0, 0.05) is 13.1 Å². The Morgan fingerprint density at radius 1 is 1.36 bits per heavy atom. The minimum Gasteiger partial charge on any atom is -0.288 e. The van der Waals surface area contributed by atoms with Gasteiger partial charge in [0.25, 0.3) is 0 Å². The quantitative estimate of drug-likeness (QED) is 0.328. The maximum atomic E-state index is 2.68. The van der Waals surface area contributed by atoms with Gasteiger partial charge < -0.3 is 0 Å². The van der Waals surface area contributed by atoms with E-state index in [0.717, 1.165) is 0 Å². The standard InChI is InChI=1S/C9H21IN2SSi/c1-13-12-7-6-11(9-12)5-4-8-14(2,3)10/h4-9H2,1-3H3. The van der Waals surface area contributed by atoms with Crippen molar-refractivity contribution in [2.45, 2.75) is 25.6 Å². The Bertz CT molecular complexity index is 175. The molecule has 2 nitrogen and oxygen atoms in total. The molecule has 0 N–H and O–H groups in total. The minimum atomic E-state index is -0.830. The molecule has 1 rings (SSSR count). The first-order chi connectivity index (χ1) is 6.51. The van der Waals surface area contributed by atoms with Crippen LogP contribution in [0.2, 0.25) is 19.1 Å². The van der Waals surface area contributed by atoms with Crippen molar-refractivity contribution in [3.05, 3.63) is 0 Å². The molecule has 1 heterocycles. The van der Waals surface area contributed by atoms with Crippen LogP contribution in [0.3, 0.4) is 0 Å². The van der Waals surface area contributed by atoms with Gasteiger partial charge in [0.15, 0.2) is 0 Å². The van der Waals surface area contributed by atoms with E-state index < -0.39 is 5.57 Å². The van der Waals surface area contributed by atoms with Crippen LogP contribution in [0.4, 0.5) is 0 Å². The zero-order valence-corrected chi connectivity index (χ0v) is 13.4. The first-order valence-electron chi connectivity index (χ1n) is 5.21. The average Bonchev–Trinajstić information content (AvgIpc) is 2.50. The highest BCUT2D eigenvalue weighted by Gasteiger charge is 2.20. The third-order valence-corrected chi connectivity index (χ3v) is 6.50. The highest BCUT2D eigenvalue weighted by molar-refractivity contribution is 14.1. The fourth-order valence-corrected chi connectivity index (χ4v) is 4.36. The summed E-state index contributed by atoms with van der Waals surface area (Å²) in [5, 5.41) is 0. The Morgan fingerprint density at radius 3 is 2.57 bits per heavy atom. The number of hydrogen-bond donors (Lipinski definition) is 0. The Morgan fingerprint density at radius 2 is 2.07 bits per heavy atom. The van der Waals surface area contributed by atoms with Gasteiger partial charge in [0.05, 0.1) is 6.67 Å². The molecule has 1 saturated heterocycles. The summed E-state index contributed by atoms with van der Waals surface area (Å²) in [5.74, 6) is 0. The van der Waals surface area contributed by atoms with E-state index in [1.165, 1.54) is 38.8 Å². The summed E-state index contributed by atoms with van der Waals surface area (Å²) in [6, 6.07) is 1.46. The van der Waals surface area contributed by atoms with Crippen LogP contribution in [0.5, 0.6) is 0 Å². The van der Waals surface area contributed by atoms with Gasteiger partial charge in [-0.2, -0.15) is 0 Å². The largest absolute Gasteiger partial charge is 0.288 e. The van der Waals surface area contributed by atoms with E-state index in [1.807, 2.05) is 11.9 Å². The number of rotatable bonds is 5. The lowest BCUT2D eigenvalue weighted by Gasteiger charge is -2.18. The van der Waals surface area contributed by atoms with Crippen LogP contribution in [0.15, 0.2) is 0 Å². The van der Waals surface area contributed by atoms with Crippen molar-refractivity contribution in [2.24, 2.45) is 0 Å². The molecule has 14 heavy (non-hydrogen) atoms. The first-order valence-corrected chi connectivity index (χ1v) is 12.7. The molecule has 1 aliphatic heterocycles. The second kappa shape index (κ2) is 6.08. The van der Waals surface area contributed by atoms with Gasteiger partial charge in [0.1, 0.15) is 5.57 Å². The molecule has 1 fully saturated rings. The van der Waals surface area contributed by atoms with E-state index in [1.54, 1.807) is 0 Å². The molecule has 0 amide bonds. The third-order valence-electron chi connectivity index (χ3n) is 2.53. The van der Waals surface area contributed by atoms with E-state index in [9.17, 15) is 0 Å². The second-order valence-electron chi connectivity index (χ2n) is 4.47. The smallest absolute Gasteiger partial charge is 0.119 e. The van der Waals surface area contributed by atoms with Gasteiger partial charge in [-0.05, 0) is 25.3 Å². The van der Waals surface area contributed by atoms with Crippen molar-refractivity contribution in [3.8, 4) is 0 Å². The van der Waals surface area contributed by atoms with Gasteiger partial charge >= 0.3 is 0 Å². The monoisotopic (exact) mass is 344 g/mol. The predicted octanol–water partition coefficient (Wildman–Crippen LogP) is 2.87. The van der Waals surface area contributed by atoms with E-state index in [4.69, 9.17) is 0 Å². The highest BCUT2D eigenvalue weighted by atomic mass is 127. The van der Waals surface area contributed by atoms with Gasteiger partial charge in [0.2, 0.25) is 0 Å². The lowest BCUT2D eigenvalue weighted by Crippen LogP contribution is -2.25. The van der Waals surface area contributed by atoms with Crippen LogP contribution in [-0.2, 0) is 0 Å². The summed E-state index contributed by atoms with van der Waals surface area (Å²) in [5.41, 5.74) is -0.830. The van der Waals surface area contributed by atoms with Crippen molar-refractivity contribution >= 4 is 39.3 Å². The number of halogens is 1. The van der Waals surface area contributed by atoms with Crippen molar-refractivity contribution in [1.82, 2.24) is 9.21 Å². The van der Waals surface area contributed by atoms with E-state index in [0.29, 0.717) is 0 Å². The van der Waals surface area contributed by atoms with E-state index >= 15 is 0 Å². The van der Waals surface area contributed by atoms with Crippen molar-refractivity contribution in [2.75, 3.05) is 32.6 Å². The molecule has 0 atom stereocenters. The summed E-state index contributed by atoms with van der Waals surface area (Å²) in [4.78, 5) is 2.58. The van der Waals surface area contributed by atoms with Crippen LogP contribution in [0.1, 0.15) is 6.42 Å². The topological polar surface area (TPSA) is 6.48 Å². The molecule has 1 aliphatic rings. The molecule has 0 bridgehead atoms. The summed E-state index contributed by atoms with van der Waals surface area (Å²) >= 11 is 4.55. The zero-order valence-electron chi connectivity index (χ0n) is 9.42. The average molecular weight is 344 g/mol. The SMILES string of the molecule is CSN1CCN(CCC[Si](C)(C)I)C1. The number of hydrogen-bond acceptors (Lipinski definition) is 3. The molecule has 0 spiro atoms. The highest BCUT2D eigenvalue weighted by Crippen LogP contribution is 2.20. The van der Waals surface area contributed by atoms with Gasteiger partial charge in [-0.1, -0.05) is 25.0 Å². The predicted molar refractivity (Wildman–Crippen MR) is 77.6 cm³/mol. The van der Waals surface area contributed by atoms with Crippen LogP contribution in [0.25, 0.3) is 0 Å². The maximum Gasteiger partial charge on any atom is 0.119 e. The van der Waals surface area contributed by atoms with Crippen LogP contribution >= 0.6 is 33.7 Å². The fourth-order valence-electron chi connectivity index (χ4n) is 1.67. The molecule has 5 heteroatoms. The van der Waals surface area contributed by atoms with Gasteiger partial charge in [-0.25, -0.2) is 4.31 Å². The second-order valence-corrected chi connectivity index (χ2v) is 18.0. The Hall–Kier alpha value is 1.22. The molecule has 0 unspecified atom stereocenters. The van der Waals surface area contributed by atoms with Crippen molar-refractivity contribution in [1.29, 1.82) is 0 Å². The third kappa shape index (κ3) is 5.34. The van der Waals surface area contributed by atoms with Crippen LogP contribution < -0.4 is 0 Å². The van der Waals surface area contributed by atoms with Crippen molar-refractivity contribution in [3.63, 3.8) is 0 Å². The molecule has 0 aromatic rings. The maximum absolute atomic E-state index is 2.68. The van der Waals surface area contributed by atoms with Crippen LogP contribution in [-0.4, -0.2) is 47.3 Å². The van der Waals surface area contributed by atoms with Crippen LogP contribution in [0, 0.1) is 0 Å². The Labute approximate surface area is 106 Å². The molecule has 0 saturated carbocycles. The number of nitrogens with zero attached hydrogens (tertiary/aromatic N) is 2. The Kier molecular flexibility index (Phi) is 5.76. The first kappa shape index (κ1) is 13.3.